The van der Waals surface area contributed by atoms with E-state index >= 15 is 0 Å². The Labute approximate surface area is 215 Å². The third kappa shape index (κ3) is 5.55. The molecule has 37 heavy (non-hydrogen) atoms. The number of hydrogen-bond acceptors (Lipinski definition) is 7. The molecule has 1 fully saturated rings. The Morgan fingerprint density at radius 1 is 1.11 bits per heavy atom. The molecular weight excluding hydrogens is 468 g/mol. The van der Waals surface area contributed by atoms with E-state index in [0.29, 0.717) is 34.4 Å². The number of benzene rings is 2. The minimum Gasteiger partial charge on any atom is -0.497 e. The number of fused-ring (bicyclic) bond motifs is 1. The number of carbonyl (C=O) groups is 1. The van der Waals surface area contributed by atoms with Gasteiger partial charge in [-0.1, -0.05) is 24.5 Å². The number of aromatic nitrogens is 2. The van der Waals surface area contributed by atoms with Gasteiger partial charge in [0.1, 0.15) is 11.6 Å². The van der Waals surface area contributed by atoms with E-state index in [-0.39, 0.29) is 17.9 Å². The van der Waals surface area contributed by atoms with Gasteiger partial charge >= 0.3 is 0 Å². The number of nitrogens with zero attached hydrogens (tertiary/aromatic N) is 3. The van der Waals surface area contributed by atoms with Gasteiger partial charge in [0.25, 0.3) is 5.91 Å². The zero-order valence-corrected chi connectivity index (χ0v) is 20.9. The lowest BCUT2D eigenvalue weighted by Gasteiger charge is -2.30. The number of aliphatic imine (C=N–C) groups is 1. The third-order valence-electron chi connectivity index (χ3n) is 6.53. The van der Waals surface area contributed by atoms with Gasteiger partial charge in [-0.15, -0.1) is 0 Å². The maximum absolute atomic E-state index is 13.1. The lowest BCUT2D eigenvalue weighted by Crippen LogP contribution is -2.37. The second kappa shape index (κ2) is 10.7. The lowest BCUT2D eigenvalue weighted by molar-refractivity contribution is 0.101. The molecule has 4 aromatic rings. The highest BCUT2D eigenvalue weighted by molar-refractivity contribution is 6.04. The van der Waals surface area contributed by atoms with Crippen LogP contribution in [0.25, 0.3) is 10.9 Å². The van der Waals surface area contributed by atoms with Crippen molar-refractivity contribution in [2.75, 3.05) is 17.7 Å². The predicted molar refractivity (Wildman–Crippen MR) is 144 cm³/mol. The van der Waals surface area contributed by atoms with E-state index in [2.05, 4.69) is 20.6 Å². The van der Waals surface area contributed by atoms with Gasteiger partial charge in [0.05, 0.1) is 24.9 Å². The minimum atomic E-state index is -0.393. The first-order valence-electron chi connectivity index (χ1n) is 12.4. The van der Waals surface area contributed by atoms with Crippen molar-refractivity contribution in [3.63, 3.8) is 0 Å². The summed E-state index contributed by atoms with van der Waals surface area (Å²) >= 11 is 0. The zero-order valence-electron chi connectivity index (χ0n) is 20.9. The molecule has 5 rings (SSSR count). The SMILES string of the molecule is COc1ccc(NC(=O)c2nc(N[C@H]3CCCC[C@H]3N=C(N)c3ccco3)c3cc(C)ccc3n2)cc1. The van der Waals surface area contributed by atoms with E-state index in [1.807, 2.05) is 25.1 Å². The number of anilines is 2. The number of hydrogen-bond donors (Lipinski definition) is 3. The summed E-state index contributed by atoms with van der Waals surface area (Å²) < 4.78 is 10.6. The summed E-state index contributed by atoms with van der Waals surface area (Å²) in [4.78, 5) is 27.1. The van der Waals surface area contributed by atoms with E-state index in [0.717, 1.165) is 36.6 Å². The van der Waals surface area contributed by atoms with Gasteiger partial charge in [-0.2, -0.15) is 0 Å². The van der Waals surface area contributed by atoms with Crippen LogP contribution in [0.5, 0.6) is 5.75 Å². The van der Waals surface area contributed by atoms with Crippen molar-refractivity contribution in [2.24, 2.45) is 10.7 Å². The van der Waals surface area contributed by atoms with E-state index in [9.17, 15) is 4.79 Å². The third-order valence-corrected chi connectivity index (χ3v) is 6.53. The summed E-state index contributed by atoms with van der Waals surface area (Å²) in [6, 6.07) is 16.6. The molecule has 9 heteroatoms. The maximum atomic E-state index is 13.1. The van der Waals surface area contributed by atoms with Crippen molar-refractivity contribution in [2.45, 2.75) is 44.7 Å². The summed E-state index contributed by atoms with van der Waals surface area (Å²) in [5.41, 5.74) is 8.63. The number of methoxy groups -OCH3 is 1. The fourth-order valence-electron chi connectivity index (χ4n) is 4.59. The molecule has 190 valence electrons. The Bertz CT molecular complexity index is 1420. The van der Waals surface area contributed by atoms with Gasteiger partial charge in [-0.05, 0) is 68.3 Å². The quantitative estimate of drug-likeness (QED) is 0.244. The summed E-state index contributed by atoms with van der Waals surface area (Å²) in [6.45, 7) is 2.02. The first-order chi connectivity index (χ1) is 18.0. The Hall–Kier alpha value is -4.40. The topological polar surface area (TPSA) is 128 Å². The summed E-state index contributed by atoms with van der Waals surface area (Å²) in [7, 11) is 1.60. The second-order valence-corrected chi connectivity index (χ2v) is 9.19. The molecular formula is C28H30N6O3. The number of rotatable bonds is 7. The molecule has 0 radical (unpaired) electrons. The van der Waals surface area contributed by atoms with E-state index < -0.39 is 5.91 Å². The Morgan fingerprint density at radius 2 is 1.92 bits per heavy atom. The zero-order chi connectivity index (χ0) is 25.8. The highest BCUT2D eigenvalue weighted by Crippen LogP contribution is 2.28. The smallest absolute Gasteiger partial charge is 0.293 e. The summed E-state index contributed by atoms with van der Waals surface area (Å²) in [5, 5.41) is 7.31. The van der Waals surface area contributed by atoms with Gasteiger partial charge in [-0.3, -0.25) is 9.79 Å². The highest BCUT2D eigenvalue weighted by atomic mass is 16.5. The number of ether oxygens (including phenoxy) is 1. The molecule has 0 bridgehead atoms. The average molecular weight is 499 g/mol. The number of amides is 1. The van der Waals surface area contributed by atoms with Crippen LogP contribution < -0.4 is 21.1 Å². The Balaban J connectivity index is 1.45. The van der Waals surface area contributed by atoms with Crippen LogP contribution in [0, 0.1) is 6.92 Å². The molecule has 1 amide bonds. The van der Waals surface area contributed by atoms with E-state index in [4.69, 9.17) is 19.9 Å². The largest absolute Gasteiger partial charge is 0.497 e. The van der Waals surface area contributed by atoms with Crippen molar-refractivity contribution < 1.29 is 13.9 Å². The molecule has 0 aliphatic heterocycles. The van der Waals surface area contributed by atoms with Crippen molar-refractivity contribution >= 4 is 34.2 Å². The fraction of sp³-hybridized carbons (Fsp3) is 0.286. The predicted octanol–water partition coefficient (Wildman–Crippen LogP) is 4.92. The molecule has 2 aromatic heterocycles. The Kier molecular flexibility index (Phi) is 7.02. The Morgan fingerprint density at radius 3 is 2.68 bits per heavy atom. The monoisotopic (exact) mass is 498 g/mol. The number of furan rings is 1. The lowest BCUT2D eigenvalue weighted by atomic mass is 9.90. The van der Waals surface area contributed by atoms with Crippen LogP contribution in [0.1, 0.15) is 47.6 Å². The highest BCUT2D eigenvalue weighted by Gasteiger charge is 2.27. The standard InChI is InChI=1S/C28H30N6O3/c1-17-9-14-21-20(16-17)26(34-27(32-21)28(35)30-18-10-12-19(36-2)13-11-18)33-23-7-4-3-6-22(23)31-25(29)24-8-5-15-37-24/h5,8-16,22-23H,3-4,6-7H2,1-2H3,(H2,29,31)(H,30,35)(H,32,33,34)/t22-,23+/m1/s1. The number of amidine groups is 1. The van der Waals surface area contributed by atoms with Crippen LogP contribution in [0.2, 0.25) is 0 Å². The number of nitrogens with two attached hydrogens (primary N) is 1. The number of aryl methyl sites for hydroxylation is 1. The molecule has 0 unspecified atom stereocenters. The van der Waals surface area contributed by atoms with Gasteiger partial charge in [0, 0.05) is 17.1 Å². The first-order valence-corrected chi connectivity index (χ1v) is 12.4. The first kappa shape index (κ1) is 24.3. The van der Waals surface area contributed by atoms with Crippen LogP contribution >= 0.6 is 0 Å². The van der Waals surface area contributed by atoms with Crippen LogP contribution in [-0.2, 0) is 0 Å². The van der Waals surface area contributed by atoms with Crippen molar-refractivity contribution in [1.29, 1.82) is 0 Å². The maximum Gasteiger partial charge on any atom is 0.293 e. The molecule has 9 nitrogen and oxygen atoms in total. The minimum absolute atomic E-state index is 0.00151. The molecule has 4 N–H and O–H groups in total. The molecule has 1 saturated carbocycles. The van der Waals surface area contributed by atoms with Crippen LogP contribution in [0.4, 0.5) is 11.5 Å². The van der Waals surface area contributed by atoms with Crippen molar-refractivity contribution in [1.82, 2.24) is 9.97 Å². The number of carbonyl (C=O) groups excluding carboxylic acids is 1. The van der Waals surface area contributed by atoms with Gasteiger partial charge in [0.15, 0.2) is 11.6 Å². The molecule has 2 atom stereocenters. The summed E-state index contributed by atoms with van der Waals surface area (Å²) in [5.74, 6) is 1.95. The fourth-order valence-corrected chi connectivity index (χ4v) is 4.59. The summed E-state index contributed by atoms with van der Waals surface area (Å²) in [6.07, 6.45) is 5.52. The van der Waals surface area contributed by atoms with Crippen LogP contribution in [-0.4, -0.2) is 40.9 Å². The van der Waals surface area contributed by atoms with E-state index in [1.54, 1.807) is 49.8 Å². The molecule has 0 saturated heterocycles. The van der Waals surface area contributed by atoms with E-state index in [1.165, 1.54) is 0 Å². The molecule has 2 aromatic carbocycles. The molecule has 1 aliphatic carbocycles. The van der Waals surface area contributed by atoms with Crippen molar-refractivity contribution in [3.05, 3.63) is 78.0 Å². The van der Waals surface area contributed by atoms with Gasteiger partial charge in [0.2, 0.25) is 5.82 Å². The van der Waals surface area contributed by atoms with Crippen molar-refractivity contribution in [3.8, 4) is 5.75 Å². The van der Waals surface area contributed by atoms with Gasteiger partial charge < -0.3 is 25.5 Å². The molecule has 1 aliphatic rings. The molecule has 0 spiro atoms. The number of nitrogens with one attached hydrogen (secondary N) is 2. The average Bonchev–Trinajstić information content (AvgIpc) is 3.46. The van der Waals surface area contributed by atoms with Crippen LogP contribution in [0.15, 0.2) is 70.3 Å². The van der Waals surface area contributed by atoms with Crippen LogP contribution in [0.3, 0.4) is 0 Å². The van der Waals surface area contributed by atoms with Gasteiger partial charge in [-0.25, -0.2) is 9.97 Å². The second-order valence-electron chi connectivity index (χ2n) is 9.19. The normalized spacial score (nSPS) is 17.9. The molecule has 2 heterocycles.